The number of ether oxygens (including phenoxy) is 1. The summed E-state index contributed by atoms with van der Waals surface area (Å²) in [5.41, 5.74) is 5.29. The number of hydrogen-bond acceptors (Lipinski definition) is 4. The molecule has 0 unspecified atom stereocenters. The molecule has 190 valence electrons. The number of hydrogen-bond donors (Lipinski definition) is 2. The molecule has 0 radical (unpaired) electrons. The van der Waals surface area contributed by atoms with Gasteiger partial charge in [-0.25, -0.2) is 4.79 Å². The summed E-state index contributed by atoms with van der Waals surface area (Å²) in [7, 11) is 1.62. The largest absolute Gasteiger partial charge is 0.496 e. The first-order valence-corrected chi connectivity index (χ1v) is 12.4. The van der Waals surface area contributed by atoms with Gasteiger partial charge in [0, 0.05) is 29.5 Å². The molecule has 1 amide bonds. The molecule has 0 fully saturated rings. The van der Waals surface area contributed by atoms with Crippen LogP contribution in [0, 0.1) is 10.8 Å². The Balaban J connectivity index is 1.38. The SMILES string of the molecule is COc1ccccc1-c1cc(C(=O)N2CC=C3C(C)(C)C(c4ccc(C(=O)O)cc4)=CC[C@]3(C)C2)[nH]n1. The number of carbonyl (C=O) groups excluding carboxylic acids is 1. The minimum absolute atomic E-state index is 0.0815. The summed E-state index contributed by atoms with van der Waals surface area (Å²) in [6.07, 6.45) is 5.23. The van der Waals surface area contributed by atoms with Crippen LogP contribution in [0.25, 0.3) is 16.8 Å². The van der Waals surface area contributed by atoms with Crippen molar-refractivity contribution in [1.82, 2.24) is 15.1 Å². The zero-order valence-electron chi connectivity index (χ0n) is 21.5. The van der Waals surface area contributed by atoms with Crippen LogP contribution in [0.4, 0.5) is 0 Å². The summed E-state index contributed by atoms with van der Waals surface area (Å²) >= 11 is 0. The maximum absolute atomic E-state index is 13.5. The Labute approximate surface area is 216 Å². The third-order valence-electron chi connectivity index (χ3n) is 7.73. The van der Waals surface area contributed by atoms with Crippen LogP contribution >= 0.6 is 0 Å². The minimum atomic E-state index is -0.928. The minimum Gasteiger partial charge on any atom is -0.496 e. The number of benzene rings is 2. The molecule has 3 aromatic rings. The highest BCUT2D eigenvalue weighted by atomic mass is 16.5. The molecule has 1 aliphatic heterocycles. The van der Waals surface area contributed by atoms with Crippen molar-refractivity contribution >= 4 is 17.4 Å². The summed E-state index contributed by atoms with van der Waals surface area (Å²) in [6, 6.07) is 16.5. The fourth-order valence-corrected chi connectivity index (χ4v) is 5.95. The molecular weight excluding hydrogens is 466 g/mol. The number of methoxy groups -OCH3 is 1. The van der Waals surface area contributed by atoms with Crippen LogP contribution in [0.3, 0.4) is 0 Å². The number of nitrogens with zero attached hydrogens (tertiary/aromatic N) is 2. The van der Waals surface area contributed by atoms with Crippen LogP contribution in [0.5, 0.6) is 5.75 Å². The standard InChI is InChI=1S/C30H31N3O4/c1-29(2)22(19-9-11-20(12-10-19)28(35)36)13-15-30(3)18-33(16-14-26(29)30)27(34)24-17-23(31-32-24)21-7-5-6-8-25(21)37-4/h5-14,17H,15-16,18H2,1-4H3,(H,31,32)(H,35,36)/t30-/m1/s1. The Morgan fingerprint density at radius 3 is 2.49 bits per heavy atom. The average Bonchev–Trinajstić information content (AvgIpc) is 3.38. The molecule has 0 spiro atoms. The maximum atomic E-state index is 13.5. The molecule has 37 heavy (non-hydrogen) atoms. The number of carboxylic acid groups (broad SMARTS) is 1. The van der Waals surface area contributed by atoms with Crippen LogP contribution in [0.15, 0.2) is 72.3 Å². The molecule has 0 saturated heterocycles. The van der Waals surface area contributed by atoms with Crippen molar-refractivity contribution < 1.29 is 19.4 Å². The van der Waals surface area contributed by atoms with Crippen molar-refractivity contribution in [2.24, 2.45) is 10.8 Å². The van der Waals surface area contributed by atoms with E-state index < -0.39 is 5.97 Å². The van der Waals surface area contributed by atoms with E-state index in [4.69, 9.17) is 4.74 Å². The summed E-state index contributed by atoms with van der Waals surface area (Å²) < 4.78 is 5.45. The first-order valence-electron chi connectivity index (χ1n) is 12.4. The highest BCUT2D eigenvalue weighted by molar-refractivity contribution is 5.94. The maximum Gasteiger partial charge on any atom is 0.335 e. The summed E-state index contributed by atoms with van der Waals surface area (Å²) in [4.78, 5) is 26.6. The number of allylic oxidation sites excluding steroid dienone is 2. The lowest BCUT2D eigenvalue weighted by molar-refractivity contribution is 0.0673. The Bertz CT molecular complexity index is 1430. The Morgan fingerprint density at radius 1 is 1.05 bits per heavy atom. The molecule has 5 rings (SSSR count). The normalized spacial score (nSPS) is 20.5. The zero-order valence-corrected chi connectivity index (χ0v) is 21.5. The van der Waals surface area contributed by atoms with Gasteiger partial charge in [0.15, 0.2) is 0 Å². The third kappa shape index (κ3) is 4.24. The number of H-pyrrole nitrogens is 1. The van der Waals surface area contributed by atoms with Crippen LogP contribution in [-0.4, -0.2) is 52.3 Å². The molecule has 1 aromatic heterocycles. The number of nitrogens with one attached hydrogen (secondary N) is 1. The number of aromatic amines is 1. The van der Waals surface area contributed by atoms with E-state index in [1.165, 1.54) is 11.1 Å². The number of para-hydroxylation sites is 1. The van der Waals surface area contributed by atoms with E-state index in [9.17, 15) is 14.7 Å². The molecule has 1 aliphatic carbocycles. The molecular formula is C30H31N3O4. The number of rotatable bonds is 5. The summed E-state index contributed by atoms with van der Waals surface area (Å²) in [5.74, 6) is -0.305. The molecule has 7 nitrogen and oxygen atoms in total. The van der Waals surface area contributed by atoms with Gasteiger partial charge in [-0.05, 0) is 47.9 Å². The van der Waals surface area contributed by atoms with E-state index in [0.29, 0.717) is 30.2 Å². The average molecular weight is 498 g/mol. The summed E-state index contributed by atoms with van der Waals surface area (Å²) in [5, 5.41) is 16.5. The molecule has 0 saturated carbocycles. The van der Waals surface area contributed by atoms with Crippen LogP contribution in [-0.2, 0) is 0 Å². The highest BCUT2D eigenvalue weighted by Crippen LogP contribution is 2.55. The van der Waals surface area contributed by atoms with E-state index in [1.54, 1.807) is 25.3 Å². The fourth-order valence-electron chi connectivity index (χ4n) is 5.95. The van der Waals surface area contributed by atoms with Gasteiger partial charge in [-0.15, -0.1) is 0 Å². The Hall–Kier alpha value is -4.13. The van der Waals surface area contributed by atoms with Gasteiger partial charge < -0.3 is 14.7 Å². The third-order valence-corrected chi connectivity index (χ3v) is 7.73. The van der Waals surface area contributed by atoms with E-state index in [0.717, 1.165) is 17.5 Å². The van der Waals surface area contributed by atoms with Gasteiger partial charge >= 0.3 is 5.97 Å². The van der Waals surface area contributed by atoms with E-state index in [-0.39, 0.29) is 22.3 Å². The van der Waals surface area contributed by atoms with Gasteiger partial charge in [-0.3, -0.25) is 9.89 Å². The van der Waals surface area contributed by atoms with Crippen molar-refractivity contribution in [3.8, 4) is 17.0 Å². The zero-order chi connectivity index (χ0) is 26.4. The van der Waals surface area contributed by atoms with Gasteiger partial charge in [0.1, 0.15) is 11.4 Å². The van der Waals surface area contributed by atoms with Crippen molar-refractivity contribution in [2.45, 2.75) is 27.2 Å². The highest BCUT2D eigenvalue weighted by Gasteiger charge is 2.46. The van der Waals surface area contributed by atoms with Gasteiger partial charge in [0.05, 0.1) is 18.4 Å². The Kier molecular flexibility index (Phi) is 6.02. The van der Waals surface area contributed by atoms with Gasteiger partial charge in [0.25, 0.3) is 5.91 Å². The van der Waals surface area contributed by atoms with E-state index >= 15 is 0 Å². The second kappa shape index (κ2) is 9.07. The second-order valence-electron chi connectivity index (χ2n) is 10.6. The number of carbonyl (C=O) groups is 2. The number of amides is 1. The molecule has 2 aromatic carbocycles. The molecule has 7 heteroatoms. The number of aromatic nitrogens is 2. The fraction of sp³-hybridized carbons (Fsp3) is 0.300. The smallest absolute Gasteiger partial charge is 0.335 e. The van der Waals surface area contributed by atoms with E-state index in [1.807, 2.05) is 41.3 Å². The topological polar surface area (TPSA) is 95.5 Å². The second-order valence-corrected chi connectivity index (χ2v) is 10.6. The number of aromatic carboxylic acids is 1. The Morgan fingerprint density at radius 2 is 1.78 bits per heavy atom. The van der Waals surface area contributed by atoms with Gasteiger partial charge in [0.2, 0.25) is 0 Å². The van der Waals surface area contributed by atoms with E-state index in [2.05, 4.69) is 43.1 Å². The van der Waals surface area contributed by atoms with Crippen LogP contribution in [0.2, 0.25) is 0 Å². The van der Waals surface area contributed by atoms with Gasteiger partial charge in [-0.1, -0.05) is 62.8 Å². The first-order chi connectivity index (χ1) is 17.6. The molecule has 2 aliphatic rings. The van der Waals surface area contributed by atoms with Crippen LogP contribution < -0.4 is 4.74 Å². The predicted octanol–water partition coefficient (Wildman–Crippen LogP) is 5.69. The molecule has 0 bridgehead atoms. The van der Waals surface area contributed by atoms with Gasteiger partial charge in [-0.2, -0.15) is 5.10 Å². The van der Waals surface area contributed by atoms with Crippen molar-refractivity contribution in [2.75, 3.05) is 20.2 Å². The van der Waals surface area contributed by atoms with Crippen molar-refractivity contribution in [1.29, 1.82) is 0 Å². The van der Waals surface area contributed by atoms with Crippen molar-refractivity contribution in [3.63, 3.8) is 0 Å². The number of carboxylic acids is 1. The first kappa shape index (κ1) is 24.6. The lowest BCUT2D eigenvalue weighted by atomic mass is 9.58. The predicted molar refractivity (Wildman–Crippen MR) is 142 cm³/mol. The molecule has 1 atom stereocenters. The molecule has 2 N–H and O–H groups in total. The quantitative estimate of drug-likeness (QED) is 0.442. The summed E-state index contributed by atoms with van der Waals surface area (Å²) in [6.45, 7) is 7.75. The molecule has 2 heterocycles. The van der Waals surface area contributed by atoms with Crippen LogP contribution in [0.1, 0.15) is 53.6 Å². The monoisotopic (exact) mass is 497 g/mol. The lowest BCUT2D eigenvalue weighted by Gasteiger charge is -2.50. The van der Waals surface area contributed by atoms with Crippen molar-refractivity contribution in [3.05, 3.63) is 89.1 Å². The number of fused-ring (bicyclic) bond motifs is 1. The lowest BCUT2D eigenvalue weighted by Crippen LogP contribution is -2.48.